The van der Waals surface area contributed by atoms with Crippen LogP contribution >= 0.6 is 0 Å². The Morgan fingerprint density at radius 3 is 2.42 bits per heavy atom. The molecule has 8 heteroatoms. The maximum absolute atomic E-state index is 13.1. The molecule has 0 aliphatic heterocycles. The second-order valence-electron chi connectivity index (χ2n) is 4.01. The predicted molar refractivity (Wildman–Crippen MR) is 67.7 cm³/mol. The lowest BCUT2D eigenvalue weighted by molar-refractivity contribution is -0.387. The maximum Gasteiger partial charge on any atom is 0.306 e. The fourth-order valence-corrected chi connectivity index (χ4v) is 2.96. The second-order valence-corrected chi connectivity index (χ2v) is 5.72. The predicted octanol–water partition coefficient (Wildman–Crippen LogP) is 2.20. The van der Waals surface area contributed by atoms with Gasteiger partial charge in [-0.2, -0.15) is 4.39 Å². The zero-order chi connectivity index (χ0) is 14.6. The highest BCUT2D eigenvalue weighted by atomic mass is 32.2. The number of sulfonamides is 1. The minimum atomic E-state index is -3.88. The van der Waals surface area contributed by atoms with Crippen molar-refractivity contribution < 1.29 is 17.7 Å². The van der Waals surface area contributed by atoms with E-state index >= 15 is 0 Å². The summed E-state index contributed by atoms with van der Waals surface area (Å²) >= 11 is 0. The Balaban J connectivity index is 3.15. The molecule has 0 bridgehead atoms. The molecule has 0 amide bonds. The summed E-state index contributed by atoms with van der Waals surface area (Å²) in [4.78, 5) is 9.32. The minimum absolute atomic E-state index is 0.255. The van der Waals surface area contributed by atoms with Gasteiger partial charge in [0.05, 0.1) is 9.82 Å². The molecule has 1 N–H and O–H groups in total. The number of hydrogen-bond donors (Lipinski definition) is 1. The Morgan fingerprint density at radius 1 is 1.37 bits per heavy atom. The lowest BCUT2D eigenvalue weighted by Gasteiger charge is -2.14. The molecule has 0 radical (unpaired) electrons. The van der Waals surface area contributed by atoms with Crippen LogP contribution in [-0.4, -0.2) is 19.4 Å². The van der Waals surface area contributed by atoms with Crippen molar-refractivity contribution in [2.75, 3.05) is 0 Å². The summed E-state index contributed by atoms with van der Waals surface area (Å²) in [6.45, 7) is 3.65. The quantitative estimate of drug-likeness (QED) is 0.642. The van der Waals surface area contributed by atoms with Crippen LogP contribution in [0.2, 0.25) is 0 Å². The van der Waals surface area contributed by atoms with Gasteiger partial charge in [0.1, 0.15) is 0 Å². The first-order valence-corrected chi connectivity index (χ1v) is 7.26. The summed E-state index contributed by atoms with van der Waals surface area (Å²) in [6, 6.07) is 2.25. The lowest BCUT2D eigenvalue weighted by Crippen LogP contribution is -2.33. The first-order valence-electron chi connectivity index (χ1n) is 5.78. The smallest absolute Gasteiger partial charge is 0.258 e. The zero-order valence-corrected chi connectivity index (χ0v) is 11.4. The fourth-order valence-electron chi connectivity index (χ4n) is 1.54. The molecule has 0 spiro atoms. The third-order valence-corrected chi connectivity index (χ3v) is 4.25. The maximum atomic E-state index is 13.1. The Morgan fingerprint density at radius 2 is 1.95 bits per heavy atom. The molecular formula is C11H15FN2O4S. The largest absolute Gasteiger partial charge is 0.306 e. The van der Waals surface area contributed by atoms with Gasteiger partial charge in [-0.05, 0) is 25.0 Å². The van der Waals surface area contributed by atoms with Crippen LogP contribution in [0.3, 0.4) is 0 Å². The van der Waals surface area contributed by atoms with E-state index in [0.29, 0.717) is 12.8 Å². The normalized spacial score (nSPS) is 11.8. The second kappa shape index (κ2) is 6.07. The molecule has 0 aromatic heterocycles. The van der Waals surface area contributed by atoms with Crippen LogP contribution in [0.1, 0.15) is 26.7 Å². The standard InChI is InChI=1S/C11H15FN2O4S/c1-3-8(4-2)13-19(17,18)9-5-6-10(12)11(7-9)14(15)16/h5-8,13H,3-4H2,1-2H3. The van der Waals surface area contributed by atoms with Crippen molar-refractivity contribution >= 4 is 15.7 Å². The van der Waals surface area contributed by atoms with E-state index in [2.05, 4.69) is 4.72 Å². The van der Waals surface area contributed by atoms with Crippen molar-refractivity contribution in [2.24, 2.45) is 0 Å². The van der Waals surface area contributed by atoms with Crippen LogP contribution in [0.4, 0.5) is 10.1 Å². The Kier molecular flexibility index (Phi) is 4.96. The van der Waals surface area contributed by atoms with Crippen molar-refractivity contribution in [3.05, 3.63) is 34.1 Å². The Bertz CT molecular complexity index is 570. The van der Waals surface area contributed by atoms with E-state index in [1.807, 2.05) is 13.8 Å². The van der Waals surface area contributed by atoms with Crippen molar-refractivity contribution in [3.63, 3.8) is 0 Å². The summed E-state index contributed by atoms with van der Waals surface area (Å²) in [7, 11) is -3.88. The van der Waals surface area contributed by atoms with Crippen LogP contribution < -0.4 is 4.72 Å². The van der Waals surface area contributed by atoms with Crippen molar-refractivity contribution in [1.82, 2.24) is 4.72 Å². The number of nitro groups is 1. The van der Waals surface area contributed by atoms with E-state index in [4.69, 9.17) is 0 Å². The summed E-state index contributed by atoms with van der Waals surface area (Å²) in [5.74, 6) is -1.06. The molecule has 0 saturated carbocycles. The van der Waals surface area contributed by atoms with Crippen LogP contribution in [0.15, 0.2) is 23.1 Å². The van der Waals surface area contributed by atoms with Gasteiger partial charge in [0, 0.05) is 12.1 Å². The van der Waals surface area contributed by atoms with Gasteiger partial charge < -0.3 is 0 Å². The van der Waals surface area contributed by atoms with E-state index in [-0.39, 0.29) is 10.9 Å². The molecule has 1 rings (SSSR count). The molecule has 0 aliphatic rings. The Hall–Kier alpha value is -1.54. The van der Waals surface area contributed by atoms with Crippen LogP contribution in [-0.2, 0) is 10.0 Å². The molecule has 0 atom stereocenters. The van der Waals surface area contributed by atoms with Crippen LogP contribution in [0.25, 0.3) is 0 Å². The first-order chi connectivity index (χ1) is 8.81. The van der Waals surface area contributed by atoms with Gasteiger partial charge in [0.25, 0.3) is 0 Å². The van der Waals surface area contributed by atoms with E-state index in [0.717, 1.165) is 18.2 Å². The molecule has 0 saturated heterocycles. The van der Waals surface area contributed by atoms with Crippen LogP contribution in [0.5, 0.6) is 0 Å². The molecule has 106 valence electrons. The van der Waals surface area contributed by atoms with Gasteiger partial charge in [0.2, 0.25) is 15.8 Å². The van der Waals surface area contributed by atoms with E-state index in [1.54, 1.807) is 0 Å². The number of nitro benzene ring substituents is 1. The van der Waals surface area contributed by atoms with Gasteiger partial charge in [-0.3, -0.25) is 10.1 Å². The number of hydrogen-bond acceptors (Lipinski definition) is 4. The highest BCUT2D eigenvalue weighted by Crippen LogP contribution is 2.21. The lowest BCUT2D eigenvalue weighted by atomic mass is 10.2. The van der Waals surface area contributed by atoms with Gasteiger partial charge >= 0.3 is 5.69 Å². The molecule has 0 fully saturated rings. The summed E-state index contributed by atoms with van der Waals surface area (Å²) in [5, 5.41) is 10.6. The number of nitrogens with one attached hydrogen (secondary N) is 1. The molecule has 1 aromatic rings. The third kappa shape index (κ3) is 3.71. The van der Waals surface area contributed by atoms with Gasteiger partial charge in [-0.15, -0.1) is 0 Å². The van der Waals surface area contributed by atoms with Gasteiger partial charge in [0.15, 0.2) is 0 Å². The average Bonchev–Trinajstić information content (AvgIpc) is 2.35. The topological polar surface area (TPSA) is 89.3 Å². The molecule has 6 nitrogen and oxygen atoms in total. The van der Waals surface area contributed by atoms with Crippen LogP contribution in [0, 0.1) is 15.9 Å². The highest BCUT2D eigenvalue weighted by molar-refractivity contribution is 7.89. The number of halogens is 1. The van der Waals surface area contributed by atoms with E-state index < -0.39 is 26.5 Å². The van der Waals surface area contributed by atoms with Gasteiger partial charge in [-0.25, -0.2) is 13.1 Å². The van der Waals surface area contributed by atoms with Crippen molar-refractivity contribution in [3.8, 4) is 0 Å². The Labute approximate surface area is 110 Å². The number of benzene rings is 1. The summed E-state index contributed by atoms with van der Waals surface area (Å²) < 4.78 is 39.5. The number of rotatable bonds is 6. The zero-order valence-electron chi connectivity index (χ0n) is 10.6. The molecule has 0 heterocycles. The van der Waals surface area contributed by atoms with E-state index in [9.17, 15) is 22.9 Å². The monoisotopic (exact) mass is 290 g/mol. The summed E-state index contributed by atoms with van der Waals surface area (Å²) in [5.41, 5.74) is -0.854. The molecule has 0 aliphatic carbocycles. The van der Waals surface area contributed by atoms with E-state index in [1.165, 1.54) is 0 Å². The molecule has 19 heavy (non-hydrogen) atoms. The highest BCUT2D eigenvalue weighted by Gasteiger charge is 2.23. The molecule has 0 unspecified atom stereocenters. The average molecular weight is 290 g/mol. The SMILES string of the molecule is CCC(CC)NS(=O)(=O)c1ccc(F)c([N+](=O)[O-])c1. The van der Waals surface area contributed by atoms with Gasteiger partial charge in [-0.1, -0.05) is 13.8 Å². The summed E-state index contributed by atoms with van der Waals surface area (Å²) in [6.07, 6.45) is 1.19. The third-order valence-electron chi connectivity index (χ3n) is 2.73. The minimum Gasteiger partial charge on any atom is -0.258 e. The molecule has 1 aromatic carbocycles. The number of nitrogens with zero attached hydrogens (tertiary/aromatic N) is 1. The first kappa shape index (κ1) is 15.5. The fraction of sp³-hybridized carbons (Fsp3) is 0.455. The molecular weight excluding hydrogens is 275 g/mol. The van der Waals surface area contributed by atoms with Crippen molar-refractivity contribution in [2.45, 2.75) is 37.6 Å². The van der Waals surface area contributed by atoms with Crippen molar-refractivity contribution in [1.29, 1.82) is 0 Å².